The predicted molar refractivity (Wildman–Crippen MR) is 104 cm³/mol. The van der Waals surface area contributed by atoms with Crippen molar-refractivity contribution >= 4 is 11.7 Å². The van der Waals surface area contributed by atoms with Crippen LogP contribution in [0.25, 0.3) is 0 Å². The molecule has 2 fully saturated rings. The smallest absolute Gasteiger partial charge is 0.367 e. The van der Waals surface area contributed by atoms with Crippen LogP contribution in [0.3, 0.4) is 0 Å². The molecule has 1 aromatic rings. The van der Waals surface area contributed by atoms with Gasteiger partial charge in [-0.1, -0.05) is 6.92 Å². The second-order valence-electron chi connectivity index (χ2n) is 9.02. The number of piperidine rings is 1. The van der Waals surface area contributed by atoms with E-state index < -0.39 is 18.1 Å². The van der Waals surface area contributed by atoms with Crippen molar-refractivity contribution in [1.82, 2.24) is 20.0 Å². The van der Waals surface area contributed by atoms with Gasteiger partial charge < -0.3 is 10.6 Å². The zero-order valence-corrected chi connectivity index (χ0v) is 17.0. The summed E-state index contributed by atoms with van der Waals surface area (Å²) in [4.78, 5) is 14.9. The number of rotatable bonds is 5. The fraction of sp³-hybridized carbons (Fsp3) is 0.800. The monoisotopic (exact) mass is 413 g/mol. The van der Waals surface area contributed by atoms with E-state index in [1.165, 1.54) is 6.07 Å². The molecule has 6 nitrogen and oxygen atoms in total. The molecule has 3 heterocycles. The quantitative estimate of drug-likeness (QED) is 0.777. The van der Waals surface area contributed by atoms with E-state index in [1.54, 1.807) is 0 Å². The van der Waals surface area contributed by atoms with Crippen molar-refractivity contribution in [1.29, 1.82) is 0 Å². The number of halogens is 3. The molecule has 0 aromatic carbocycles. The van der Waals surface area contributed by atoms with Gasteiger partial charge in [-0.3, -0.25) is 9.69 Å². The molecule has 1 saturated carbocycles. The Hall–Kier alpha value is -1.77. The Balaban J connectivity index is 1.41. The molecule has 1 aliphatic carbocycles. The maximum Gasteiger partial charge on any atom is 0.410 e. The molecule has 3 atom stereocenters. The zero-order valence-electron chi connectivity index (χ0n) is 17.0. The van der Waals surface area contributed by atoms with Crippen LogP contribution in [0.5, 0.6) is 0 Å². The lowest BCUT2D eigenvalue weighted by Gasteiger charge is -2.34. The van der Waals surface area contributed by atoms with Crippen molar-refractivity contribution in [2.75, 3.05) is 25.0 Å². The normalized spacial score (nSPS) is 27.2. The molecule has 2 aliphatic heterocycles. The van der Waals surface area contributed by atoms with E-state index in [-0.39, 0.29) is 30.1 Å². The lowest BCUT2D eigenvalue weighted by Crippen LogP contribution is -2.45. The molecule has 0 bridgehead atoms. The van der Waals surface area contributed by atoms with Crippen LogP contribution in [0.4, 0.5) is 19.0 Å². The number of likely N-dealkylation sites (tertiary alicyclic amines) is 1. The summed E-state index contributed by atoms with van der Waals surface area (Å²) in [6, 6.07) is -0.247. The van der Waals surface area contributed by atoms with Gasteiger partial charge in [0.1, 0.15) is 5.82 Å². The molecule has 9 heteroatoms. The van der Waals surface area contributed by atoms with Gasteiger partial charge in [-0.15, -0.1) is 0 Å². The number of fused-ring (bicyclic) bond motifs is 1. The van der Waals surface area contributed by atoms with Gasteiger partial charge in [0.15, 0.2) is 11.7 Å². The lowest BCUT2D eigenvalue weighted by molar-refractivity contribution is -0.174. The largest absolute Gasteiger partial charge is 0.410 e. The van der Waals surface area contributed by atoms with E-state index >= 15 is 0 Å². The number of carbonyl (C=O) groups is 1. The summed E-state index contributed by atoms with van der Waals surface area (Å²) in [6.45, 7) is 6.79. The minimum atomic E-state index is -4.39. The van der Waals surface area contributed by atoms with Gasteiger partial charge in [-0.05, 0) is 64.0 Å². The number of nitrogens with zero attached hydrogens (tertiary/aromatic N) is 3. The molecule has 1 unspecified atom stereocenters. The summed E-state index contributed by atoms with van der Waals surface area (Å²) in [5.74, 6) is 0.890. The van der Waals surface area contributed by atoms with E-state index in [0.717, 1.165) is 49.4 Å². The first-order valence-electron chi connectivity index (χ1n) is 10.7. The molecule has 1 aromatic heterocycles. The van der Waals surface area contributed by atoms with Gasteiger partial charge >= 0.3 is 6.18 Å². The highest BCUT2D eigenvalue weighted by molar-refractivity contribution is 5.93. The summed E-state index contributed by atoms with van der Waals surface area (Å²) in [5, 5.41) is 10.0. The van der Waals surface area contributed by atoms with Crippen LogP contribution in [-0.2, 0) is 0 Å². The second kappa shape index (κ2) is 7.81. The van der Waals surface area contributed by atoms with E-state index in [1.807, 2.05) is 0 Å². The first kappa shape index (κ1) is 20.5. The number of aromatic nitrogens is 2. The Morgan fingerprint density at radius 2 is 2.00 bits per heavy atom. The highest BCUT2D eigenvalue weighted by atomic mass is 19.4. The highest BCUT2D eigenvalue weighted by Gasteiger charge is 2.49. The van der Waals surface area contributed by atoms with E-state index in [0.29, 0.717) is 12.4 Å². The number of nitrogens with one attached hydrogen (secondary N) is 2. The third-order valence-corrected chi connectivity index (χ3v) is 6.64. The van der Waals surface area contributed by atoms with Gasteiger partial charge in [0.25, 0.3) is 5.91 Å². The molecular formula is C20H30F3N5O. The topological polar surface area (TPSA) is 62.2 Å². The van der Waals surface area contributed by atoms with Crippen LogP contribution in [0.1, 0.15) is 62.5 Å². The maximum absolute atomic E-state index is 13.6. The maximum atomic E-state index is 13.6. The molecule has 1 saturated heterocycles. The first-order valence-corrected chi connectivity index (χ1v) is 10.7. The van der Waals surface area contributed by atoms with Crippen LogP contribution < -0.4 is 10.6 Å². The van der Waals surface area contributed by atoms with Crippen molar-refractivity contribution in [3.05, 3.63) is 11.8 Å². The highest BCUT2D eigenvalue weighted by Crippen LogP contribution is 2.45. The average Bonchev–Trinajstić information content (AvgIpc) is 3.43. The first-order chi connectivity index (χ1) is 13.7. The minimum Gasteiger partial charge on any atom is -0.367 e. The fourth-order valence-corrected chi connectivity index (χ4v) is 4.45. The Morgan fingerprint density at radius 3 is 2.62 bits per heavy atom. The molecule has 1 amide bonds. The number of carbonyl (C=O) groups excluding carboxylic acids is 1. The third kappa shape index (κ3) is 4.54. The van der Waals surface area contributed by atoms with Crippen LogP contribution in [0.2, 0.25) is 0 Å². The predicted octanol–water partition coefficient (Wildman–Crippen LogP) is 3.43. The molecular weight excluding hydrogens is 383 g/mol. The summed E-state index contributed by atoms with van der Waals surface area (Å²) in [7, 11) is 0. The van der Waals surface area contributed by atoms with E-state index in [4.69, 9.17) is 0 Å². The van der Waals surface area contributed by atoms with E-state index in [9.17, 15) is 18.0 Å². The SMILES string of the molecule is CC1CCN(C(C)CNC(=O)c2cc3n(n2)[C@@H](C(F)(F)F)C[C@@H](C2CC2)N3)CC1. The van der Waals surface area contributed by atoms with Gasteiger partial charge in [0.05, 0.1) is 0 Å². The fourth-order valence-electron chi connectivity index (χ4n) is 4.45. The average molecular weight is 413 g/mol. The molecule has 4 rings (SSSR count). The van der Waals surface area contributed by atoms with Gasteiger partial charge in [0, 0.05) is 24.7 Å². The van der Waals surface area contributed by atoms with Crippen LogP contribution in [-0.4, -0.2) is 58.5 Å². The molecule has 3 aliphatic rings. The Morgan fingerprint density at radius 1 is 1.31 bits per heavy atom. The standard InChI is InChI=1S/C20H30F3N5O/c1-12-5-7-27(8-6-12)13(2)11-24-19(29)16-10-18-25-15(14-3-4-14)9-17(20(21,22)23)28(18)26-16/h10,12-15,17,25H,3-9,11H2,1-2H3,(H,24,29)/t13?,15-,17+/m0/s1. The van der Waals surface area contributed by atoms with Gasteiger partial charge in [-0.2, -0.15) is 18.3 Å². The van der Waals surface area contributed by atoms with Crippen molar-refractivity contribution < 1.29 is 18.0 Å². The van der Waals surface area contributed by atoms with Gasteiger partial charge in [0.2, 0.25) is 0 Å². The van der Waals surface area contributed by atoms with Crippen LogP contribution in [0, 0.1) is 11.8 Å². The Kier molecular flexibility index (Phi) is 5.52. The molecule has 2 N–H and O–H groups in total. The van der Waals surface area contributed by atoms with Crippen molar-refractivity contribution in [3.63, 3.8) is 0 Å². The number of anilines is 1. The van der Waals surface area contributed by atoms with Crippen molar-refractivity contribution in [2.24, 2.45) is 11.8 Å². The Labute approximate surface area is 169 Å². The number of hydrogen-bond acceptors (Lipinski definition) is 4. The van der Waals surface area contributed by atoms with Crippen LogP contribution >= 0.6 is 0 Å². The second-order valence-corrected chi connectivity index (χ2v) is 9.02. The van der Waals surface area contributed by atoms with Gasteiger partial charge in [-0.25, -0.2) is 4.68 Å². The third-order valence-electron chi connectivity index (χ3n) is 6.64. The molecule has 0 radical (unpaired) electrons. The summed E-state index contributed by atoms with van der Waals surface area (Å²) in [5.41, 5.74) is 0.0395. The zero-order chi connectivity index (χ0) is 20.8. The molecule has 29 heavy (non-hydrogen) atoms. The summed E-state index contributed by atoms with van der Waals surface area (Å²) < 4.78 is 41.7. The van der Waals surface area contributed by atoms with Crippen molar-refractivity contribution in [2.45, 2.75) is 70.3 Å². The molecule has 162 valence electrons. The number of amides is 1. The Bertz CT molecular complexity index is 737. The van der Waals surface area contributed by atoms with Crippen LogP contribution in [0.15, 0.2) is 6.07 Å². The van der Waals surface area contributed by atoms with Crippen molar-refractivity contribution in [3.8, 4) is 0 Å². The van der Waals surface area contributed by atoms with E-state index in [2.05, 4.69) is 34.5 Å². The summed E-state index contributed by atoms with van der Waals surface area (Å²) in [6.07, 6.45) is -0.205. The summed E-state index contributed by atoms with van der Waals surface area (Å²) >= 11 is 0. The number of alkyl halides is 3. The number of hydrogen-bond donors (Lipinski definition) is 2. The molecule has 0 spiro atoms. The minimum absolute atomic E-state index is 0.0334. The lowest BCUT2D eigenvalue weighted by atomic mass is 9.98.